The fourth-order valence-electron chi connectivity index (χ4n) is 2.74. The molecule has 0 saturated carbocycles. The van der Waals surface area contributed by atoms with E-state index >= 15 is 0 Å². The summed E-state index contributed by atoms with van der Waals surface area (Å²) in [7, 11) is 0. The molecule has 2 rings (SSSR count). The van der Waals surface area contributed by atoms with E-state index in [9.17, 15) is 4.39 Å². The predicted molar refractivity (Wildman–Crippen MR) is 102 cm³/mol. The molecular weight excluding hydrogens is 325 g/mol. The molecule has 1 aliphatic rings. The minimum absolute atomic E-state index is 0.257. The van der Waals surface area contributed by atoms with Crippen LogP contribution in [-0.4, -0.2) is 55.2 Å². The lowest BCUT2D eigenvalue weighted by molar-refractivity contribution is 0.612. The summed E-state index contributed by atoms with van der Waals surface area (Å²) in [4.78, 5) is 10.8. The topological polar surface area (TPSA) is 52.6 Å². The molecule has 5 nitrogen and oxygen atoms in total. The number of aromatic nitrogens is 1. The first-order valence-electron chi connectivity index (χ1n) is 8.63. The van der Waals surface area contributed by atoms with Crippen LogP contribution in [0.25, 0.3) is 0 Å². The van der Waals surface area contributed by atoms with Crippen LogP contribution < -0.4 is 15.5 Å². The molecular formula is C17H28FN5S. The highest BCUT2D eigenvalue weighted by molar-refractivity contribution is 7.98. The van der Waals surface area contributed by atoms with Crippen LogP contribution in [0.4, 0.5) is 10.2 Å². The van der Waals surface area contributed by atoms with Crippen molar-refractivity contribution < 1.29 is 4.39 Å². The molecule has 1 saturated heterocycles. The van der Waals surface area contributed by atoms with Crippen molar-refractivity contribution in [2.75, 3.05) is 43.1 Å². The Balaban J connectivity index is 1.84. The van der Waals surface area contributed by atoms with E-state index < -0.39 is 0 Å². The quantitative estimate of drug-likeness (QED) is 0.427. The highest BCUT2D eigenvalue weighted by atomic mass is 32.2. The number of halogens is 1. The maximum Gasteiger partial charge on any atom is 0.191 e. The monoisotopic (exact) mass is 353 g/mol. The van der Waals surface area contributed by atoms with Gasteiger partial charge in [-0.3, -0.25) is 4.99 Å². The molecule has 2 N–H and O–H groups in total. The largest absolute Gasteiger partial charge is 0.357 e. The average molecular weight is 354 g/mol. The third kappa shape index (κ3) is 5.85. The lowest BCUT2D eigenvalue weighted by atomic mass is 10.3. The van der Waals surface area contributed by atoms with E-state index in [-0.39, 0.29) is 11.9 Å². The number of pyridine rings is 1. The van der Waals surface area contributed by atoms with Crippen LogP contribution in [0.2, 0.25) is 0 Å². The highest BCUT2D eigenvalue weighted by Crippen LogP contribution is 2.20. The Morgan fingerprint density at radius 2 is 2.38 bits per heavy atom. The van der Waals surface area contributed by atoms with Crippen molar-refractivity contribution in [2.45, 2.75) is 32.2 Å². The van der Waals surface area contributed by atoms with Crippen LogP contribution in [0.15, 0.2) is 23.3 Å². The predicted octanol–water partition coefficient (Wildman–Crippen LogP) is 2.50. The molecule has 0 aliphatic carbocycles. The van der Waals surface area contributed by atoms with Gasteiger partial charge in [0, 0.05) is 38.4 Å². The number of rotatable bonds is 8. The maximum absolute atomic E-state index is 13.9. The molecule has 0 radical (unpaired) electrons. The molecule has 1 fully saturated rings. The zero-order valence-electron chi connectivity index (χ0n) is 14.6. The van der Waals surface area contributed by atoms with Crippen molar-refractivity contribution in [2.24, 2.45) is 4.99 Å². The van der Waals surface area contributed by atoms with Gasteiger partial charge in [-0.2, -0.15) is 11.8 Å². The van der Waals surface area contributed by atoms with Gasteiger partial charge in [-0.15, -0.1) is 0 Å². The van der Waals surface area contributed by atoms with Crippen molar-refractivity contribution in [3.05, 3.63) is 24.1 Å². The number of unbranched alkanes of at least 4 members (excludes halogenated alkanes) is 1. The summed E-state index contributed by atoms with van der Waals surface area (Å²) in [6.45, 7) is 5.28. The number of thioether (sulfide) groups is 1. The summed E-state index contributed by atoms with van der Waals surface area (Å²) in [5, 5.41) is 6.76. The van der Waals surface area contributed by atoms with E-state index in [1.807, 2.05) is 16.7 Å². The Bertz CT molecular complexity index is 525. The lowest BCUT2D eigenvalue weighted by Gasteiger charge is -2.19. The Hall–Kier alpha value is -1.50. The van der Waals surface area contributed by atoms with Crippen molar-refractivity contribution in [3.8, 4) is 0 Å². The van der Waals surface area contributed by atoms with Gasteiger partial charge in [0.25, 0.3) is 0 Å². The van der Waals surface area contributed by atoms with E-state index in [2.05, 4.69) is 33.8 Å². The molecule has 0 bridgehead atoms. The van der Waals surface area contributed by atoms with E-state index in [0.717, 1.165) is 45.0 Å². The fraction of sp³-hybridized carbons (Fsp3) is 0.647. The molecule has 0 amide bonds. The van der Waals surface area contributed by atoms with Crippen LogP contribution >= 0.6 is 11.8 Å². The Morgan fingerprint density at radius 3 is 3.12 bits per heavy atom. The highest BCUT2D eigenvalue weighted by Gasteiger charge is 2.25. The zero-order valence-corrected chi connectivity index (χ0v) is 15.4. The number of nitrogens with zero attached hydrogens (tertiary/aromatic N) is 3. The van der Waals surface area contributed by atoms with Crippen molar-refractivity contribution >= 4 is 23.5 Å². The van der Waals surface area contributed by atoms with Crippen LogP contribution in [0.5, 0.6) is 0 Å². The second kappa shape index (κ2) is 10.4. The number of nitrogens with one attached hydrogen (secondary N) is 2. The van der Waals surface area contributed by atoms with Gasteiger partial charge in [-0.25, -0.2) is 9.37 Å². The summed E-state index contributed by atoms with van der Waals surface area (Å²) < 4.78 is 13.9. The zero-order chi connectivity index (χ0) is 17.2. The normalized spacial score (nSPS) is 18.0. The Morgan fingerprint density at radius 1 is 1.50 bits per heavy atom. The smallest absolute Gasteiger partial charge is 0.191 e. The second-order valence-corrected chi connectivity index (χ2v) is 6.83. The van der Waals surface area contributed by atoms with Crippen molar-refractivity contribution in [3.63, 3.8) is 0 Å². The van der Waals surface area contributed by atoms with E-state index in [4.69, 9.17) is 0 Å². The summed E-state index contributed by atoms with van der Waals surface area (Å²) in [6, 6.07) is 3.34. The molecule has 1 aliphatic heterocycles. The minimum atomic E-state index is -0.257. The first-order chi connectivity index (χ1) is 11.7. The van der Waals surface area contributed by atoms with Gasteiger partial charge in [0.1, 0.15) is 0 Å². The molecule has 0 spiro atoms. The maximum atomic E-state index is 13.9. The van der Waals surface area contributed by atoms with E-state index in [1.165, 1.54) is 18.2 Å². The molecule has 1 atom stereocenters. The summed E-state index contributed by atoms with van der Waals surface area (Å²) in [5.41, 5.74) is 0. The summed E-state index contributed by atoms with van der Waals surface area (Å²) in [6.07, 6.45) is 7.02. The summed E-state index contributed by atoms with van der Waals surface area (Å²) >= 11 is 1.87. The van der Waals surface area contributed by atoms with Gasteiger partial charge in [0.2, 0.25) is 0 Å². The number of hydrogen-bond donors (Lipinski definition) is 2. The van der Waals surface area contributed by atoms with Gasteiger partial charge in [-0.05, 0) is 50.3 Å². The van der Waals surface area contributed by atoms with Crippen LogP contribution in [-0.2, 0) is 0 Å². The molecule has 134 valence electrons. The molecule has 7 heteroatoms. The fourth-order valence-corrected chi connectivity index (χ4v) is 3.24. The SMILES string of the molecule is CCNC(=NCCCCSC)NC1CCN(c2ncccc2F)C1. The van der Waals surface area contributed by atoms with E-state index in [0.29, 0.717) is 5.82 Å². The molecule has 1 unspecified atom stereocenters. The molecule has 1 aromatic rings. The second-order valence-electron chi connectivity index (χ2n) is 5.85. The van der Waals surface area contributed by atoms with Crippen molar-refractivity contribution in [1.82, 2.24) is 15.6 Å². The van der Waals surface area contributed by atoms with Gasteiger partial charge in [-0.1, -0.05) is 0 Å². The van der Waals surface area contributed by atoms with Gasteiger partial charge in [0.05, 0.1) is 0 Å². The average Bonchev–Trinajstić information content (AvgIpc) is 3.03. The van der Waals surface area contributed by atoms with Gasteiger partial charge in [0.15, 0.2) is 17.6 Å². The third-order valence-corrected chi connectivity index (χ3v) is 4.64. The lowest BCUT2D eigenvalue weighted by Crippen LogP contribution is -2.44. The summed E-state index contributed by atoms with van der Waals surface area (Å²) in [5.74, 6) is 2.23. The standard InChI is InChI=1S/C17H28FN5S/c1-3-19-17(21-9-4-5-12-24-2)22-14-8-11-23(13-14)16-15(18)7-6-10-20-16/h6-7,10,14H,3-5,8-9,11-13H2,1-2H3,(H2,19,21,22). The van der Waals surface area contributed by atoms with E-state index in [1.54, 1.807) is 12.3 Å². The van der Waals surface area contributed by atoms with Crippen molar-refractivity contribution in [1.29, 1.82) is 0 Å². The Labute approximate surface area is 148 Å². The number of hydrogen-bond acceptors (Lipinski definition) is 4. The number of anilines is 1. The molecule has 24 heavy (non-hydrogen) atoms. The van der Waals surface area contributed by atoms with Crippen LogP contribution in [0.1, 0.15) is 26.2 Å². The minimum Gasteiger partial charge on any atom is -0.357 e. The number of aliphatic imine (C=N–C) groups is 1. The Kier molecular flexibility index (Phi) is 8.15. The molecule has 1 aromatic heterocycles. The van der Waals surface area contributed by atoms with Crippen LogP contribution in [0, 0.1) is 5.82 Å². The van der Waals surface area contributed by atoms with Gasteiger partial charge < -0.3 is 15.5 Å². The first-order valence-corrected chi connectivity index (χ1v) is 10.0. The first kappa shape index (κ1) is 18.8. The van der Waals surface area contributed by atoms with Gasteiger partial charge >= 0.3 is 0 Å². The number of guanidine groups is 1. The molecule has 0 aromatic carbocycles. The van der Waals surface area contributed by atoms with Crippen LogP contribution in [0.3, 0.4) is 0 Å². The third-order valence-electron chi connectivity index (χ3n) is 3.94. The molecule has 2 heterocycles.